The lowest BCUT2D eigenvalue weighted by Crippen LogP contribution is -2.23. The first-order valence-electron chi connectivity index (χ1n) is 8.05. The van der Waals surface area contributed by atoms with Gasteiger partial charge in [-0.05, 0) is 42.0 Å². The predicted octanol–water partition coefficient (Wildman–Crippen LogP) is 3.14. The average Bonchev–Trinajstić information content (AvgIpc) is 2.67. The monoisotopic (exact) mass is 332 g/mol. The van der Waals surface area contributed by atoms with Crippen molar-refractivity contribution >= 4 is 11.6 Å². The molecule has 3 aromatic rings. The van der Waals surface area contributed by atoms with E-state index >= 15 is 0 Å². The molecule has 0 fully saturated rings. The number of carbonyl (C=O) groups excluding carboxylic acids is 1. The number of amides is 1. The molecule has 5 heteroatoms. The van der Waals surface area contributed by atoms with Gasteiger partial charge in [0.25, 0.3) is 5.91 Å². The highest BCUT2D eigenvalue weighted by molar-refractivity contribution is 5.95. The highest BCUT2D eigenvalue weighted by Gasteiger charge is 2.07. The van der Waals surface area contributed by atoms with E-state index in [9.17, 15) is 4.79 Å². The Morgan fingerprint density at radius 2 is 1.84 bits per heavy atom. The van der Waals surface area contributed by atoms with E-state index in [4.69, 9.17) is 0 Å². The van der Waals surface area contributed by atoms with Crippen molar-refractivity contribution in [2.45, 2.75) is 6.54 Å². The molecular weight excluding hydrogens is 312 g/mol. The summed E-state index contributed by atoms with van der Waals surface area (Å²) in [6.45, 7) is 0.431. The second kappa shape index (κ2) is 7.57. The number of benzene rings is 1. The quantitative estimate of drug-likeness (QED) is 0.780. The maximum atomic E-state index is 12.3. The van der Waals surface area contributed by atoms with E-state index in [-0.39, 0.29) is 5.91 Å². The number of anilines is 1. The number of hydrogen-bond acceptors (Lipinski definition) is 4. The molecule has 0 aliphatic rings. The summed E-state index contributed by atoms with van der Waals surface area (Å²) in [6.07, 6.45) is 3.51. The van der Waals surface area contributed by atoms with Crippen LogP contribution in [0.25, 0.3) is 11.4 Å². The largest absolute Gasteiger partial charge is 0.378 e. The van der Waals surface area contributed by atoms with Gasteiger partial charge in [0, 0.05) is 44.3 Å². The van der Waals surface area contributed by atoms with Gasteiger partial charge in [-0.15, -0.1) is 0 Å². The number of nitrogens with one attached hydrogen (secondary N) is 1. The van der Waals surface area contributed by atoms with Crippen molar-refractivity contribution in [3.63, 3.8) is 0 Å². The van der Waals surface area contributed by atoms with Crippen LogP contribution in [0.1, 0.15) is 15.9 Å². The third-order valence-corrected chi connectivity index (χ3v) is 3.83. The van der Waals surface area contributed by atoms with Crippen molar-refractivity contribution in [3.05, 3.63) is 78.1 Å². The standard InChI is InChI=1S/C20H20N4O/c1-24(2)17-7-5-6-16(12-17)20(25)23-14-15-9-10-19(22-13-15)18-8-3-4-11-21-18/h3-13H,14H2,1-2H3,(H,23,25). The fourth-order valence-corrected chi connectivity index (χ4v) is 2.40. The van der Waals surface area contributed by atoms with Gasteiger partial charge >= 0.3 is 0 Å². The van der Waals surface area contributed by atoms with Crippen LogP contribution in [-0.2, 0) is 6.54 Å². The summed E-state index contributed by atoms with van der Waals surface area (Å²) in [4.78, 5) is 23.0. The highest BCUT2D eigenvalue weighted by Crippen LogP contribution is 2.15. The summed E-state index contributed by atoms with van der Waals surface area (Å²) in [6, 6.07) is 17.1. The van der Waals surface area contributed by atoms with E-state index < -0.39 is 0 Å². The van der Waals surface area contributed by atoms with Crippen LogP contribution in [-0.4, -0.2) is 30.0 Å². The molecule has 1 N–H and O–H groups in total. The first-order valence-corrected chi connectivity index (χ1v) is 8.05. The minimum atomic E-state index is -0.0995. The number of nitrogens with zero attached hydrogens (tertiary/aromatic N) is 3. The molecule has 126 valence electrons. The van der Waals surface area contributed by atoms with E-state index in [1.165, 1.54) is 0 Å². The number of aromatic nitrogens is 2. The first-order chi connectivity index (χ1) is 12.1. The second-order valence-electron chi connectivity index (χ2n) is 5.89. The minimum Gasteiger partial charge on any atom is -0.378 e. The zero-order valence-corrected chi connectivity index (χ0v) is 14.3. The topological polar surface area (TPSA) is 58.1 Å². The molecule has 2 heterocycles. The third-order valence-electron chi connectivity index (χ3n) is 3.83. The van der Waals surface area contributed by atoms with Crippen LogP contribution < -0.4 is 10.2 Å². The van der Waals surface area contributed by atoms with Gasteiger partial charge in [-0.1, -0.05) is 18.2 Å². The van der Waals surface area contributed by atoms with Gasteiger partial charge in [0.15, 0.2) is 0 Å². The molecule has 1 amide bonds. The molecule has 3 rings (SSSR count). The van der Waals surface area contributed by atoms with Gasteiger partial charge in [0.05, 0.1) is 11.4 Å². The Bertz CT molecular complexity index is 845. The first kappa shape index (κ1) is 16.6. The molecule has 0 unspecified atom stereocenters. The van der Waals surface area contributed by atoms with Crippen molar-refractivity contribution in [3.8, 4) is 11.4 Å². The minimum absolute atomic E-state index is 0.0995. The summed E-state index contributed by atoms with van der Waals surface area (Å²) < 4.78 is 0. The van der Waals surface area contributed by atoms with Gasteiger partial charge < -0.3 is 10.2 Å². The third kappa shape index (κ3) is 4.20. The zero-order valence-electron chi connectivity index (χ0n) is 14.3. The smallest absolute Gasteiger partial charge is 0.251 e. The average molecular weight is 332 g/mol. The van der Waals surface area contributed by atoms with E-state index in [0.29, 0.717) is 12.1 Å². The van der Waals surface area contributed by atoms with Crippen LogP contribution in [0.15, 0.2) is 67.0 Å². The van der Waals surface area contributed by atoms with Gasteiger partial charge in [0.1, 0.15) is 0 Å². The zero-order chi connectivity index (χ0) is 17.6. The summed E-state index contributed by atoms with van der Waals surface area (Å²) in [7, 11) is 3.90. The summed E-state index contributed by atoms with van der Waals surface area (Å²) in [5, 5.41) is 2.93. The molecule has 0 aliphatic carbocycles. The molecule has 25 heavy (non-hydrogen) atoms. The molecule has 1 aromatic carbocycles. The molecule has 0 bridgehead atoms. The fraction of sp³-hybridized carbons (Fsp3) is 0.150. The lowest BCUT2D eigenvalue weighted by molar-refractivity contribution is 0.0951. The molecule has 0 atom stereocenters. The Labute approximate surface area is 147 Å². The Morgan fingerprint density at radius 3 is 2.52 bits per heavy atom. The van der Waals surface area contributed by atoms with Crippen molar-refractivity contribution < 1.29 is 4.79 Å². The van der Waals surface area contributed by atoms with Gasteiger partial charge in [-0.3, -0.25) is 14.8 Å². The highest BCUT2D eigenvalue weighted by atomic mass is 16.1. The van der Waals surface area contributed by atoms with Crippen molar-refractivity contribution in [1.82, 2.24) is 15.3 Å². The van der Waals surface area contributed by atoms with E-state index in [1.807, 2.05) is 73.6 Å². The molecule has 0 saturated heterocycles. The van der Waals surface area contributed by atoms with Gasteiger partial charge in [-0.25, -0.2) is 0 Å². The maximum absolute atomic E-state index is 12.3. The fourth-order valence-electron chi connectivity index (χ4n) is 2.40. The van der Waals surface area contributed by atoms with Gasteiger partial charge in [-0.2, -0.15) is 0 Å². The lowest BCUT2D eigenvalue weighted by atomic mass is 10.1. The van der Waals surface area contributed by atoms with E-state index in [2.05, 4.69) is 15.3 Å². The summed E-state index contributed by atoms with van der Waals surface area (Å²) in [5.74, 6) is -0.0995. The van der Waals surface area contributed by atoms with Crippen LogP contribution in [0.5, 0.6) is 0 Å². The second-order valence-corrected chi connectivity index (χ2v) is 5.89. The van der Waals surface area contributed by atoms with E-state index in [0.717, 1.165) is 22.6 Å². The Morgan fingerprint density at radius 1 is 1.00 bits per heavy atom. The SMILES string of the molecule is CN(C)c1cccc(C(=O)NCc2ccc(-c3ccccn3)nc2)c1. The Kier molecular flexibility index (Phi) is 5.04. The lowest BCUT2D eigenvalue weighted by Gasteiger charge is -2.13. The maximum Gasteiger partial charge on any atom is 0.251 e. The predicted molar refractivity (Wildman–Crippen MR) is 99.4 cm³/mol. The van der Waals surface area contributed by atoms with Crippen LogP contribution >= 0.6 is 0 Å². The molecule has 0 saturated carbocycles. The normalized spacial score (nSPS) is 10.3. The van der Waals surface area contributed by atoms with Crippen molar-refractivity contribution in [1.29, 1.82) is 0 Å². The molecule has 0 radical (unpaired) electrons. The number of carbonyl (C=O) groups is 1. The van der Waals surface area contributed by atoms with Crippen LogP contribution in [0.3, 0.4) is 0 Å². The van der Waals surface area contributed by atoms with Gasteiger partial charge in [0.2, 0.25) is 0 Å². The van der Waals surface area contributed by atoms with Crippen molar-refractivity contribution in [2.75, 3.05) is 19.0 Å². The Hall–Kier alpha value is -3.21. The molecule has 5 nitrogen and oxygen atoms in total. The number of hydrogen-bond donors (Lipinski definition) is 1. The molecular formula is C20H20N4O. The molecule has 2 aromatic heterocycles. The van der Waals surface area contributed by atoms with Crippen molar-refractivity contribution in [2.24, 2.45) is 0 Å². The number of rotatable bonds is 5. The molecule has 0 spiro atoms. The Balaban J connectivity index is 1.63. The van der Waals surface area contributed by atoms with E-state index in [1.54, 1.807) is 12.4 Å². The molecule has 0 aliphatic heterocycles. The van der Waals surface area contributed by atoms with Crippen LogP contribution in [0.2, 0.25) is 0 Å². The number of pyridine rings is 2. The van der Waals surface area contributed by atoms with Crippen LogP contribution in [0, 0.1) is 0 Å². The summed E-state index contributed by atoms with van der Waals surface area (Å²) >= 11 is 0. The van der Waals surface area contributed by atoms with Crippen LogP contribution in [0.4, 0.5) is 5.69 Å². The summed E-state index contributed by atoms with van der Waals surface area (Å²) in [5.41, 5.74) is 4.23.